The lowest BCUT2D eigenvalue weighted by Crippen LogP contribution is -2.01. The van der Waals surface area contributed by atoms with Gasteiger partial charge in [0.25, 0.3) is 0 Å². The highest BCUT2D eigenvalue weighted by Crippen LogP contribution is 2.46. The lowest BCUT2D eigenvalue weighted by atomic mass is 9.85. The molecule has 1 heteroatoms. The summed E-state index contributed by atoms with van der Waals surface area (Å²) in [5, 5.41) is 6.24. The second kappa shape index (κ2) is 9.58. The maximum atomic E-state index is 6.47. The summed E-state index contributed by atoms with van der Waals surface area (Å²) in [4.78, 5) is 0. The zero-order chi connectivity index (χ0) is 28.3. The Balaban J connectivity index is 1.39. The summed E-state index contributed by atoms with van der Waals surface area (Å²) < 4.78 is 6.47. The molecule has 0 saturated carbocycles. The molecular weight excluding hydrogens is 520 g/mol. The molecule has 1 aromatic heterocycles. The van der Waals surface area contributed by atoms with Crippen molar-refractivity contribution >= 4 is 32.5 Å². The summed E-state index contributed by atoms with van der Waals surface area (Å²) >= 11 is 0. The van der Waals surface area contributed by atoms with Gasteiger partial charge in [0.15, 0.2) is 0 Å². The van der Waals surface area contributed by atoms with Gasteiger partial charge in [0.1, 0.15) is 11.3 Å². The predicted molar refractivity (Wildman–Crippen MR) is 180 cm³/mol. The van der Waals surface area contributed by atoms with E-state index in [1.807, 2.05) is 0 Å². The smallest absolute Gasteiger partial charge is 0.134 e. The number of benzene rings is 7. The minimum atomic E-state index is 0.939. The van der Waals surface area contributed by atoms with E-state index in [2.05, 4.69) is 146 Å². The topological polar surface area (TPSA) is 13.1 Å². The first kappa shape index (κ1) is 24.2. The van der Waals surface area contributed by atoms with Gasteiger partial charge in [0, 0.05) is 17.4 Å². The van der Waals surface area contributed by atoms with E-state index in [1.54, 1.807) is 0 Å². The van der Waals surface area contributed by atoms with Crippen LogP contribution in [0, 0.1) is 0 Å². The van der Waals surface area contributed by atoms with E-state index in [9.17, 15) is 0 Å². The molecule has 43 heavy (non-hydrogen) atoms. The average Bonchev–Trinajstić information content (AvgIpc) is 3.46. The summed E-state index contributed by atoms with van der Waals surface area (Å²) in [6.07, 6.45) is 1.96. The number of fused-ring (bicyclic) bond motifs is 7. The number of hydrogen-bond acceptors (Lipinski definition) is 1. The summed E-state index contributed by atoms with van der Waals surface area (Å²) in [6.45, 7) is 0. The highest BCUT2D eigenvalue weighted by atomic mass is 16.3. The van der Waals surface area contributed by atoms with Crippen molar-refractivity contribution in [1.29, 1.82) is 0 Å². The Bertz CT molecular complexity index is 2230. The van der Waals surface area contributed by atoms with Gasteiger partial charge in [0.05, 0.1) is 0 Å². The molecule has 1 heterocycles. The molecule has 0 radical (unpaired) electrons. The van der Waals surface area contributed by atoms with Crippen LogP contribution in [-0.4, -0.2) is 0 Å². The van der Waals surface area contributed by atoms with Crippen LogP contribution in [-0.2, 0) is 12.8 Å². The van der Waals surface area contributed by atoms with Crippen molar-refractivity contribution in [2.24, 2.45) is 0 Å². The van der Waals surface area contributed by atoms with Gasteiger partial charge < -0.3 is 4.42 Å². The summed E-state index contributed by atoms with van der Waals surface area (Å²) in [5.74, 6) is 1.10. The second-order valence-corrected chi connectivity index (χ2v) is 11.6. The number of aryl methyl sites for hydroxylation is 2. The molecular formula is C42H28O. The van der Waals surface area contributed by atoms with Gasteiger partial charge in [-0.3, -0.25) is 0 Å². The van der Waals surface area contributed by atoms with Crippen LogP contribution in [0.5, 0.6) is 0 Å². The molecule has 9 rings (SSSR count). The monoisotopic (exact) mass is 548 g/mol. The Hall–Kier alpha value is -5.40. The van der Waals surface area contributed by atoms with Crippen molar-refractivity contribution in [3.05, 3.63) is 157 Å². The summed E-state index contributed by atoms with van der Waals surface area (Å²) in [5.41, 5.74) is 12.4. The fraction of sp³-hybridized carbons (Fsp3) is 0.0476. The van der Waals surface area contributed by atoms with Gasteiger partial charge in [-0.1, -0.05) is 127 Å². The Morgan fingerprint density at radius 2 is 0.977 bits per heavy atom. The van der Waals surface area contributed by atoms with Gasteiger partial charge in [-0.15, -0.1) is 0 Å². The third-order valence-corrected chi connectivity index (χ3v) is 9.17. The zero-order valence-corrected chi connectivity index (χ0v) is 23.7. The van der Waals surface area contributed by atoms with E-state index in [0.717, 1.165) is 24.2 Å². The molecule has 0 fully saturated rings. The third kappa shape index (κ3) is 3.78. The largest absolute Gasteiger partial charge is 0.460 e. The van der Waals surface area contributed by atoms with Crippen molar-refractivity contribution in [2.45, 2.75) is 12.8 Å². The highest BCUT2D eigenvalue weighted by Gasteiger charge is 2.24. The lowest BCUT2D eigenvalue weighted by molar-refractivity contribution is 0.546. The minimum absolute atomic E-state index is 0.939. The van der Waals surface area contributed by atoms with E-state index >= 15 is 0 Å². The van der Waals surface area contributed by atoms with E-state index in [0.29, 0.717) is 0 Å². The summed E-state index contributed by atoms with van der Waals surface area (Å²) in [6, 6.07) is 53.0. The third-order valence-electron chi connectivity index (χ3n) is 9.17. The SMILES string of the molecule is c1ccc(-c2cccc3c(-c4ccc5oc6c(c5c4)-c4ccccc4CC6)c4cccc(-c5ccccc5)c4cc23)cc1. The fourth-order valence-electron chi connectivity index (χ4n) is 7.22. The van der Waals surface area contributed by atoms with Crippen LogP contribution >= 0.6 is 0 Å². The van der Waals surface area contributed by atoms with Crippen molar-refractivity contribution in [3.8, 4) is 44.5 Å². The van der Waals surface area contributed by atoms with Crippen LogP contribution in [0.2, 0.25) is 0 Å². The van der Waals surface area contributed by atoms with Gasteiger partial charge in [-0.25, -0.2) is 0 Å². The van der Waals surface area contributed by atoms with Crippen LogP contribution in [0.25, 0.3) is 77.0 Å². The molecule has 7 aromatic carbocycles. The molecule has 0 atom stereocenters. The molecule has 8 aromatic rings. The Morgan fingerprint density at radius 3 is 1.65 bits per heavy atom. The fourth-order valence-corrected chi connectivity index (χ4v) is 7.22. The standard InChI is InChI=1S/C42H28O/c1-3-11-27(12-4-1)31-17-9-19-34-36(31)26-37-32(28-13-5-2-6-14-28)18-10-20-35(37)41(34)30-22-23-39-38(25-30)42-33-16-8-7-15-29(33)21-24-40(42)43-39/h1-20,22-23,25-26H,21,24H2. The Morgan fingerprint density at radius 1 is 0.372 bits per heavy atom. The van der Waals surface area contributed by atoms with Gasteiger partial charge in [0.2, 0.25) is 0 Å². The first-order chi connectivity index (χ1) is 21.3. The normalized spacial score (nSPS) is 12.5. The second-order valence-electron chi connectivity index (χ2n) is 11.6. The number of rotatable bonds is 3. The van der Waals surface area contributed by atoms with Crippen LogP contribution in [0.1, 0.15) is 11.3 Å². The van der Waals surface area contributed by atoms with Crippen LogP contribution in [0.3, 0.4) is 0 Å². The van der Waals surface area contributed by atoms with Crippen LogP contribution < -0.4 is 0 Å². The van der Waals surface area contributed by atoms with Crippen molar-refractivity contribution < 1.29 is 4.42 Å². The molecule has 0 unspecified atom stereocenters. The molecule has 1 aliphatic rings. The molecule has 1 aliphatic carbocycles. The van der Waals surface area contributed by atoms with Crippen molar-refractivity contribution in [3.63, 3.8) is 0 Å². The average molecular weight is 549 g/mol. The molecule has 1 nitrogen and oxygen atoms in total. The van der Waals surface area contributed by atoms with Crippen LogP contribution in [0.15, 0.2) is 150 Å². The minimum Gasteiger partial charge on any atom is -0.460 e. The van der Waals surface area contributed by atoms with Crippen molar-refractivity contribution in [1.82, 2.24) is 0 Å². The predicted octanol–water partition coefficient (Wildman–Crippen LogP) is 11.5. The first-order valence-electron chi connectivity index (χ1n) is 15.1. The molecule has 0 saturated heterocycles. The van der Waals surface area contributed by atoms with Crippen LogP contribution in [0.4, 0.5) is 0 Å². The number of hydrogen-bond donors (Lipinski definition) is 0. The molecule has 0 N–H and O–H groups in total. The first-order valence-corrected chi connectivity index (χ1v) is 15.1. The highest BCUT2D eigenvalue weighted by molar-refractivity contribution is 6.19. The quantitative estimate of drug-likeness (QED) is 0.200. The Kier molecular flexibility index (Phi) is 5.39. The zero-order valence-electron chi connectivity index (χ0n) is 23.7. The van der Waals surface area contributed by atoms with Crippen molar-refractivity contribution in [2.75, 3.05) is 0 Å². The van der Waals surface area contributed by atoms with E-state index in [-0.39, 0.29) is 0 Å². The molecule has 0 amide bonds. The van der Waals surface area contributed by atoms with E-state index < -0.39 is 0 Å². The number of furan rings is 1. The maximum Gasteiger partial charge on any atom is 0.134 e. The molecule has 202 valence electrons. The van der Waals surface area contributed by atoms with E-state index in [4.69, 9.17) is 4.42 Å². The molecule has 0 aliphatic heterocycles. The van der Waals surface area contributed by atoms with Gasteiger partial charge in [-0.05, 0) is 90.7 Å². The molecule has 0 spiro atoms. The van der Waals surface area contributed by atoms with Gasteiger partial charge >= 0.3 is 0 Å². The summed E-state index contributed by atoms with van der Waals surface area (Å²) in [7, 11) is 0. The van der Waals surface area contributed by atoms with E-state index in [1.165, 1.54) is 77.0 Å². The molecule has 0 bridgehead atoms. The van der Waals surface area contributed by atoms with Gasteiger partial charge in [-0.2, -0.15) is 0 Å². The Labute approximate surface area is 250 Å². The maximum absolute atomic E-state index is 6.47. The lowest BCUT2D eigenvalue weighted by Gasteiger charge is -2.18.